The summed E-state index contributed by atoms with van der Waals surface area (Å²) in [5.41, 5.74) is 0.991. The van der Waals surface area contributed by atoms with Gasteiger partial charge in [0.05, 0.1) is 11.0 Å². The summed E-state index contributed by atoms with van der Waals surface area (Å²) in [7, 11) is 0. The zero-order valence-electron chi connectivity index (χ0n) is 10.3. The fraction of sp³-hybridized carbons (Fsp3) is 0.0714. The van der Waals surface area contributed by atoms with Crippen molar-refractivity contribution in [1.29, 1.82) is 0 Å². The minimum atomic E-state index is -0.418. The molecule has 3 nitrogen and oxygen atoms in total. The maximum absolute atomic E-state index is 13.0. The van der Waals surface area contributed by atoms with Gasteiger partial charge in [-0.05, 0) is 52.3 Å². The van der Waals surface area contributed by atoms with E-state index in [0.717, 1.165) is 0 Å². The summed E-state index contributed by atoms with van der Waals surface area (Å²) in [5, 5.41) is 5.40. The van der Waals surface area contributed by atoms with Gasteiger partial charge in [-0.3, -0.25) is 4.79 Å². The van der Waals surface area contributed by atoms with Crippen LogP contribution in [0.3, 0.4) is 0 Å². The van der Waals surface area contributed by atoms with Crippen molar-refractivity contribution in [1.82, 2.24) is 0 Å². The highest BCUT2D eigenvalue weighted by molar-refractivity contribution is 9.10. The van der Waals surface area contributed by atoms with Gasteiger partial charge in [-0.1, -0.05) is 6.07 Å². The van der Waals surface area contributed by atoms with Crippen LogP contribution in [0.2, 0.25) is 0 Å². The number of anilines is 2. The minimum absolute atomic E-state index is 0.00537. The fourth-order valence-corrected chi connectivity index (χ4v) is 1.94. The van der Waals surface area contributed by atoms with Gasteiger partial charge >= 0.3 is 0 Å². The quantitative estimate of drug-likeness (QED) is 0.889. The summed E-state index contributed by atoms with van der Waals surface area (Å²) in [6.07, 6.45) is 0. The first-order chi connectivity index (χ1) is 9.54. The Balaban J connectivity index is 1.90. The highest BCUT2D eigenvalue weighted by Gasteiger charge is 2.04. The fourth-order valence-electron chi connectivity index (χ4n) is 1.56. The van der Waals surface area contributed by atoms with Gasteiger partial charge in [0.15, 0.2) is 0 Å². The summed E-state index contributed by atoms with van der Waals surface area (Å²) in [6, 6.07) is 9.97. The van der Waals surface area contributed by atoms with Crippen molar-refractivity contribution in [3.63, 3.8) is 0 Å². The van der Waals surface area contributed by atoms with Gasteiger partial charge in [-0.25, -0.2) is 8.78 Å². The van der Waals surface area contributed by atoms with E-state index in [1.807, 2.05) is 0 Å². The Morgan fingerprint density at radius 2 is 1.90 bits per heavy atom. The predicted molar refractivity (Wildman–Crippen MR) is 77.6 cm³/mol. The van der Waals surface area contributed by atoms with E-state index in [4.69, 9.17) is 0 Å². The number of hydrogen-bond acceptors (Lipinski definition) is 2. The normalized spacial score (nSPS) is 10.2. The molecule has 2 aromatic carbocycles. The zero-order chi connectivity index (χ0) is 14.5. The number of amides is 1. The lowest BCUT2D eigenvalue weighted by atomic mass is 10.3. The Hall–Kier alpha value is -1.95. The molecule has 0 atom stereocenters. The highest BCUT2D eigenvalue weighted by atomic mass is 79.9. The van der Waals surface area contributed by atoms with Crippen molar-refractivity contribution in [2.24, 2.45) is 0 Å². The van der Waals surface area contributed by atoms with E-state index < -0.39 is 5.82 Å². The van der Waals surface area contributed by atoms with Crippen LogP contribution in [0, 0.1) is 11.6 Å². The lowest BCUT2D eigenvalue weighted by Gasteiger charge is -2.08. The summed E-state index contributed by atoms with van der Waals surface area (Å²) in [4.78, 5) is 11.7. The van der Waals surface area contributed by atoms with Gasteiger partial charge in [0.2, 0.25) is 5.91 Å². The molecule has 0 aliphatic carbocycles. The molecular formula is C14H11BrF2N2O. The third-order valence-electron chi connectivity index (χ3n) is 2.48. The van der Waals surface area contributed by atoms with Gasteiger partial charge in [0, 0.05) is 11.4 Å². The molecule has 1 amide bonds. The van der Waals surface area contributed by atoms with Crippen LogP contribution in [0.25, 0.3) is 0 Å². The summed E-state index contributed by atoms with van der Waals surface area (Å²) in [6.45, 7) is -0.00537. The average Bonchev–Trinajstić information content (AvgIpc) is 2.40. The Labute approximate surface area is 123 Å². The second-order valence-electron chi connectivity index (χ2n) is 4.04. The zero-order valence-corrected chi connectivity index (χ0v) is 11.9. The molecule has 0 saturated heterocycles. The lowest BCUT2D eigenvalue weighted by Crippen LogP contribution is -2.21. The van der Waals surface area contributed by atoms with E-state index in [1.54, 1.807) is 6.07 Å². The number of halogens is 3. The molecule has 0 fully saturated rings. The summed E-state index contributed by atoms with van der Waals surface area (Å²) in [5.74, 6) is -1.12. The van der Waals surface area contributed by atoms with Crippen molar-refractivity contribution in [2.45, 2.75) is 0 Å². The molecule has 2 aromatic rings. The number of benzene rings is 2. The Bertz CT molecular complexity index is 634. The first-order valence-corrected chi connectivity index (χ1v) is 6.58. The molecule has 2 N–H and O–H groups in total. The van der Waals surface area contributed by atoms with E-state index in [1.165, 1.54) is 36.4 Å². The van der Waals surface area contributed by atoms with E-state index in [-0.39, 0.29) is 18.3 Å². The van der Waals surface area contributed by atoms with Crippen LogP contribution in [-0.4, -0.2) is 12.5 Å². The SMILES string of the molecule is O=C(CNc1ccc(F)c(Br)c1)Nc1cccc(F)c1. The second kappa shape index (κ2) is 6.47. The van der Waals surface area contributed by atoms with Gasteiger partial charge < -0.3 is 10.6 Å². The van der Waals surface area contributed by atoms with Crippen molar-refractivity contribution < 1.29 is 13.6 Å². The monoisotopic (exact) mass is 340 g/mol. The first-order valence-electron chi connectivity index (χ1n) is 5.79. The maximum Gasteiger partial charge on any atom is 0.243 e. The van der Waals surface area contributed by atoms with Crippen molar-refractivity contribution >= 4 is 33.2 Å². The smallest absolute Gasteiger partial charge is 0.243 e. The highest BCUT2D eigenvalue weighted by Crippen LogP contribution is 2.19. The molecule has 0 spiro atoms. The lowest BCUT2D eigenvalue weighted by molar-refractivity contribution is -0.114. The number of carbonyl (C=O) groups excluding carboxylic acids is 1. The van der Waals surface area contributed by atoms with Crippen LogP contribution in [0.4, 0.5) is 20.2 Å². The molecule has 104 valence electrons. The average molecular weight is 341 g/mol. The molecular weight excluding hydrogens is 330 g/mol. The molecule has 0 radical (unpaired) electrons. The van der Waals surface area contributed by atoms with Gasteiger partial charge in [0.25, 0.3) is 0 Å². The molecule has 6 heteroatoms. The molecule has 20 heavy (non-hydrogen) atoms. The molecule has 0 aliphatic rings. The molecule has 2 rings (SSSR count). The molecule has 0 unspecified atom stereocenters. The maximum atomic E-state index is 13.0. The van der Waals surface area contributed by atoms with Crippen LogP contribution in [0.15, 0.2) is 46.9 Å². The van der Waals surface area contributed by atoms with Crippen molar-refractivity contribution in [2.75, 3.05) is 17.2 Å². The molecule has 0 aromatic heterocycles. The first kappa shape index (κ1) is 14.5. The third kappa shape index (κ3) is 4.03. The van der Waals surface area contributed by atoms with Crippen LogP contribution in [0.5, 0.6) is 0 Å². The van der Waals surface area contributed by atoms with E-state index >= 15 is 0 Å². The minimum Gasteiger partial charge on any atom is -0.376 e. The summed E-state index contributed by atoms with van der Waals surface area (Å²) < 4.78 is 26.3. The third-order valence-corrected chi connectivity index (χ3v) is 3.09. The van der Waals surface area contributed by atoms with Crippen LogP contribution in [0.1, 0.15) is 0 Å². The molecule has 0 bridgehead atoms. The Morgan fingerprint density at radius 3 is 2.60 bits per heavy atom. The van der Waals surface area contributed by atoms with Gasteiger partial charge in [-0.15, -0.1) is 0 Å². The van der Waals surface area contributed by atoms with Gasteiger partial charge in [0.1, 0.15) is 11.6 Å². The largest absolute Gasteiger partial charge is 0.376 e. The van der Waals surface area contributed by atoms with Gasteiger partial charge in [-0.2, -0.15) is 0 Å². The number of nitrogens with one attached hydrogen (secondary N) is 2. The Kier molecular flexibility index (Phi) is 4.68. The van der Waals surface area contributed by atoms with E-state index in [9.17, 15) is 13.6 Å². The molecule has 0 aliphatic heterocycles. The molecule has 0 saturated carbocycles. The number of rotatable bonds is 4. The van der Waals surface area contributed by atoms with Crippen LogP contribution >= 0.6 is 15.9 Å². The topological polar surface area (TPSA) is 41.1 Å². The summed E-state index contributed by atoms with van der Waals surface area (Å²) >= 11 is 3.06. The van der Waals surface area contributed by atoms with Crippen LogP contribution in [-0.2, 0) is 4.79 Å². The van der Waals surface area contributed by atoms with Crippen LogP contribution < -0.4 is 10.6 Å². The predicted octanol–water partition coefficient (Wildman–Crippen LogP) is 3.78. The van der Waals surface area contributed by atoms with E-state index in [2.05, 4.69) is 26.6 Å². The Morgan fingerprint density at radius 1 is 1.10 bits per heavy atom. The number of hydrogen-bond donors (Lipinski definition) is 2. The standard InChI is InChI=1S/C14H11BrF2N2O/c15-12-7-10(4-5-13(12)17)18-8-14(20)19-11-3-1-2-9(16)6-11/h1-7,18H,8H2,(H,19,20). The second-order valence-corrected chi connectivity index (χ2v) is 4.90. The molecule has 0 heterocycles. The van der Waals surface area contributed by atoms with E-state index in [0.29, 0.717) is 15.8 Å². The number of carbonyl (C=O) groups is 1. The van der Waals surface area contributed by atoms with Crippen molar-refractivity contribution in [3.05, 3.63) is 58.6 Å². The van der Waals surface area contributed by atoms with Crippen molar-refractivity contribution in [3.8, 4) is 0 Å².